The molecule has 0 aliphatic heterocycles. The van der Waals surface area contributed by atoms with Gasteiger partial charge < -0.3 is 9.79 Å². The van der Waals surface area contributed by atoms with Crippen LogP contribution in [-0.2, 0) is 24.9 Å². The number of benzene rings is 1. The molecule has 0 unspecified atom stereocenters. The number of hydrogen-bond donors (Lipinski definition) is 3. The largest absolute Gasteiger partial charge is 0.469 e. The van der Waals surface area contributed by atoms with Crippen molar-refractivity contribution < 1.29 is 27.3 Å². The summed E-state index contributed by atoms with van der Waals surface area (Å²) in [5, 5.41) is 0. The van der Waals surface area contributed by atoms with Gasteiger partial charge in [-0.15, -0.1) is 0 Å². The van der Waals surface area contributed by atoms with E-state index in [0.29, 0.717) is 5.56 Å². The summed E-state index contributed by atoms with van der Waals surface area (Å²) in [5.74, 6) is -0.191. The van der Waals surface area contributed by atoms with Crippen molar-refractivity contribution in [1.82, 2.24) is 4.72 Å². The average molecular weight is 295 g/mol. The second-order valence-corrected chi connectivity index (χ2v) is 6.51. The summed E-state index contributed by atoms with van der Waals surface area (Å²) >= 11 is 0. The predicted octanol–water partition coefficient (Wildman–Crippen LogP) is 0.215. The molecule has 0 atom stereocenters. The fraction of sp³-hybridized carbons (Fsp3) is 0.333. The van der Waals surface area contributed by atoms with Crippen molar-refractivity contribution in [3.8, 4) is 0 Å². The van der Waals surface area contributed by atoms with Crippen LogP contribution in [0.1, 0.15) is 5.56 Å². The highest BCUT2D eigenvalue weighted by Crippen LogP contribution is 2.35. The van der Waals surface area contributed by atoms with Crippen molar-refractivity contribution >= 4 is 17.8 Å². The zero-order valence-corrected chi connectivity index (χ0v) is 11.1. The highest BCUT2D eigenvalue weighted by Gasteiger charge is 2.15. The van der Waals surface area contributed by atoms with Crippen molar-refractivity contribution in [2.24, 2.45) is 0 Å². The smallest absolute Gasteiger partial charge is 0.303 e. The Labute approximate surface area is 105 Å². The fourth-order valence-electron chi connectivity index (χ4n) is 1.21. The van der Waals surface area contributed by atoms with Gasteiger partial charge in [0, 0.05) is 6.54 Å². The van der Waals surface area contributed by atoms with Crippen LogP contribution in [0.15, 0.2) is 30.3 Å². The summed E-state index contributed by atoms with van der Waals surface area (Å²) < 4.78 is 39.8. The average Bonchev–Trinajstić information content (AvgIpc) is 2.24. The number of phosphoric acid groups is 1. The number of phosphoric ester groups is 1. The van der Waals surface area contributed by atoms with Gasteiger partial charge in [0.05, 0.1) is 12.4 Å². The van der Waals surface area contributed by atoms with E-state index < -0.39 is 24.5 Å². The van der Waals surface area contributed by atoms with Gasteiger partial charge in [0.25, 0.3) is 0 Å². The van der Waals surface area contributed by atoms with Crippen molar-refractivity contribution in [2.45, 2.75) is 5.75 Å². The molecule has 1 aromatic carbocycles. The molecule has 0 aliphatic carbocycles. The van der Waals surface area contributed by atoms with E-state index in [9.17, 15) is 13.0 Å². The van der Waals surface area contributed by atoms with Crippen LogP contribution in [0.2, 0.25) is 0 Å². The minimum atomic E-state index is -4.55. The molecule has 0 aliphatic rings. The second kappa shape index (κ2) is 6.42. The molecule has 0 saturated carbocycles. The molecule has 0 amide bonds. The molecule has 102 valence electrons. The van der Waals surface area contributed by atoms with E-state index in [-0.39, 0.29) is 12.3 Å². The van der Waals surface area contributed by atoms with Crippen LogP contribution in [0.3, 0.4) is 0 Å². The Hall–Kier alpha value is -0.760. The maximum Gasteiger partial charge on any atom is 0.469 e. The maximum atomic E-state index is 11.6. The number of nitrogens with one attached hydrogen (secondary N) is 1. The Kier molecular flexibility index (Phi) is 5.46. The lowest BCUT2D eigenvalue weighted by Gasteiger charge is -2.08. The lowest BCUT2D eigenvalue weighted by atomic mass is 10.2. The summed E-state index contributed by atoms with van der Waals surface area (Å²) in [5.41, 5.74) is 0.626. The third-order valence-electron chi connectivity index (χ3n) is 1.88. The zero-order valence-electron chi connectivity index (χ0n) is 9.39. The SMILES string of the molecule is O=P(O)(O)OCCNS(=O)(=O)Cc1ccccc1. The Morgan fingerprint density at radius 3 is 2.39 bits per heavy atom. The van der Waals surface area contributed by atoms with Crippen molar-refractivity contribution in [3.63, 3.8) is 0 Å². The summed E-state index contributed by atoms with van der Waals surface area (Å²) in [6, 6.07) is 8.57. The van der Waals surface area contributed by atoms with Crippen molar-refractivity contribution in [2.75, 3.05) is 13.2 Å². The molecular formula is C9H14NO6PS. The summed E-state index contributed by atoms with van der Waals surface area (Å²) in [7, 11) is -8.08. The molecule has 0 spiro atoms. The molecule has 0 aromatic heterocycles. The maximum absolute atomic E-state index is 11.6. The van der Waals surface area contributed by atoms with Gasteiger partial charge in [-0.1, -0.05) is 30.3 Å². The third kappa shape index (κ3) is 6.85. The van der Waals surface area contributed by atoms with E-state index in [0.717, 1.165) is 0 Å². The van der Waals surface area contributed by atoms with Crippen LogP contribution in [0.4, 0.5) is 0 Å². The van der Waals surface area contributed by atoms with Gasteiger partial charge >= 0.3 is 7.82 Å². The van der Waals surface area contributed by atoms with Gasteiger partial charge in [0.2, 0.25) is 10.0 Å². The molecule has 0 heterocycles. The van der Waals surface area contributed by atoms with E-state index in [2.05, 4.69) is 9.25 Å². The van der Waals surface area contributed by atoms with E-state index >= 15 is 0 Å². The minimum absolute atomic E-state index is 0.191. The van der Waals surface area contributed by atoms with Crippen LogP contribution in [0.5, 0.6) is 0 Å². The first-order valence-electron chi connectivity index (χ1n) is 5.00. The summed E-state index contributed by atoms with van der Waals surface area (Å²) in [4.78, 5) is 16.8. The summed E-state index contributed by atoms with van der Waals surface area (Å²) in [6.45, 7) is -0.585. The van der Waals surface area contributed by atoms with Crippen LogP contribution in [-0.4, -0.2) is 31.4 Å². The van der Waals surface area contributed by atoms with E-state index in [1.807, 2.05) is 0 Å². The molecule has 1 aromatic rings. The number of sulfonamides is 1. The molecule has 0 radical (unpaired) electrons. The van der Waals surface area contributed by atoms with Gasteiger partial charge in [0.1, 0.15) is 0 Å². The second-order valence-electron chi connectivity index (χ2n) is 3.46. The fourth-order valence-corrected chi connectivity index (χ4v) is 2.66. The quantitative estimate of drug-likeness (QED) is 0.490. The van der Waals surface area contributed by atoms with Gasteiger partial charge in [-0.05, 0) is 5.56 Å². The Morgan fingerprint density at radius 2 is 1.83 bits per heavy atom. The Morgan fingerprint density at radius 1 is 1.22 bits per heavy atom. The molecule has 0 bridgehead atoms. The molecule has 3 N–H and O–H groups in total. The van der Waals surface area contributed by atoms with Gasteiger partial charge in [-0.3, -0.25) is 4.52 Å². The van der Waals surface area contributed by atoms with Crippen molar-refractivity contribution in [1.29, 1.82) is 0 Å². The monoisotopic (exact) mass is 295 g/mol. The molecule has 1 rings (SSSR count). The van der Waals surface area contributed by atoms with E-state index in [1.165, 1.54) is 0 Å². The zero-order chi connectivity index (χ0) is 13.6. The standard InChI is InChI=1S/C9H14NO6PS/c11-17(12,13)16-7-6-10-18(14,15)8-9-4-2-1-3-5-9/h1-5,10H,6-8H2,(H2,11,12,13). The highest BCUT2D eigenvalue weighted by atomic mass is 32.2. The van der Waals surface area contributed by atoms with Crippen LogP contribution >= 0.6 is 7.82 Å². The molecule has 18 heavy (non-hydrogen) atoms. The normalized spacial score (nSPS) is 12.6. The van der Waals surface area contributed by atoms with Gasteiger partial charge in [-0.25, -0.2) is 17.7 Å². The first kappa shape index (κ1) is 15.3. The molecule has 0 saturated heterocycles. The predicted molar refractivity (Wildman–Crippen MR) is 65.1 cm³/mol. The van der Waals surface area contributed by atoms with Gasteiger partial charge in [-0.2, -0.15) is 0 Å². The van der Waals surface area contributed by atoms with Crippen LogP contribution in [0.25, 0.3) is 0 Å². The van der Waals surface area contributed by atoms with Crippen LogP contribution in [0, 0.1) is 0 Å². The lowest BCUT2D eigenvalue weighted by molar-refractivity contribution is 0.200. The van der Waals surface area contributed by atoms with E-state index in [1.54, 1.807) is 30.3 Å². The van der Waals surface area contributed by atoms with Gasteiger partial charge in [0.15, 0.2) is 0 Å². The molecular weight excluding hydrogens is 281 g/mol. The Bertz CT molecular complexity index is 511. The highest BCUT2D eigenvalue weighted by molar-refractivity contribution is 7.88. The topological polar surface area (TPSA) is 113 Å². The molecule has 7 nitrogen and oxygen atoms in total. The molecule has 9 heteroatoms. The number of hydrogen-bond acceptors (Lipinski definition) is 4. The number of rotatable bonds is 7. The van der Waals surface area contributed by atoms with Crippen LogP contribution < -0.4 is 4.72 Å². The van der Waals surface area contributed by atoms with E-state index in [4.69, 9.17) is 9.79 Å². The third-order valence-corrected chi connectivity index (χ3v) is 3.76. The first-order chi connectivity index (χ1) is 8.29. The molecule has 0 fully saturated rings. The first-order valence-corrected chi connectivity index (χ1v) is 8.18. The lowest BCUT2D eigenvalue weighted by Crippen LogP contribution is -2.28. The summed E-state index contributed by atoms with van der Waals surface area (Å²) in [6.07, 6.45) is 0. The van der Waals surface area contributed by atoms with Crippen molar-refractivity contribution in [3.05, 3.63) is 35.9 Å². The minimum Gasteiger partial charge on any atom is -0.303 e. The Balaban J connectivity index is 2.39.